The van der Waals surface area contributed by atoms with Crippen LogP contribution in [0, 0.1) is 0 Å². The predicted octanol–water partition coefficient (Wildman–Crippen LogP) is 1.12. The molecule has 0 saturated carbocycles. The van der Waals surface area contributed by atoms with Crippen LogP contribution in [-0.4, -0.2) is 24.8 Å². The standard InChI is InChI=1S/C7H12O2.CH4O/c1-4-6(3)7(8)9-5-2;1-2/h3-5H2,1-2H3;2H,1H3. The molecule has 0 aromatic heterocycles. The summed E-state index contributed by atoms with van der Waals surface area (Å²) in [5.74, 6) is -0.278. The molecular formula is C8H16O3. The van der Waals surface area contributed by atoms with Crippen LogP contribution < -0.4 is 0 Å². The summed E-state index contributed by atoms with van der Waals surface area (Å²) in [6.07, 6.45) is 0.666. The van der Waals surface area contributed by atoms with Gasteiger partial charge in [-0.15, -0.1) is 0 Å². The van der Waals surface area contributed by atoms with E-state index in [2.05, 4.69) is 11.3 Å². The monoisotopic (exact) mass is 160 g/mol. The lowest BCUT2D eigenvalue weighted by molar-refractivity contribution is -0.138. The molecule has 0 rings (SSSR count). The number of hydrogen-bond acceptors (Lipinski definition) is 3. The minimum absolute atomic E-state index is 0.278. The van der Waals surface area contributed by atoms with Crippen molar-refractivity contribution in [2.24, 2.45) is 0 Å². The first-order valence-corrected chi connectivity index (χ1v) is 3.52. The van der Waals surface area contributed by atoms with E-state index in [0.29, 0.717) is 18.6 Å². The normalized spacial score (nSPS) is 7.64. The number of rotatable bonds is 3. The molecule has 3 nitrogen and oxygen atoms in total. The van der Waals surface area contributed by atoms with E-state index in [1.54, 1.807) is 6.92 Å². The zero-order chi connectivity index (χ0) is 9.28. The number of carbonyl (C=O) groups is 1. The predicted molar refractivity (Wildman–Crippen MR) is 44.2 cm³/mol. The second-order valence-corrected chi connectivity index (χ2v) is 1.68. The Labute approximate surface area is 67.7 Å². The second kappa shape index (κ2) is 9.17. The van der Waals surface area contributed by atoms with Crippen molar-refractivity contribution in [2.75, 3.05) is 13.7 Å². The van der Waals surface area contributed by atoms with Crippen LogP contribution >= 0.6 is 0 Å². The molecule has 0 spiro atoms. The summed E-state index contributed by atoms with van der Waals surface area (Å²) in [5.41, 5.74) is 0.539. The Bertz CT molecular complexity index is 119. The van der Waals surface area contributed by atoms with Crippen LogP contribution in [0.5, 0.6) is 0 Å². The lowest BCUT2D eigenvalue weighted by Gasteiger charge is -1.99. The van der Waals surface area contributed by atoms with Crippen molar-refractivity contribution < 1.29 is 14.6 Å². The summed E-state index contributed by atoms with van der Waals surface area (Å²) in [7, 11) is 1.00. The van der Waals surface area contributed by atoms with Crippen LogP contribution in [0.15, 0.2) is 12.2 Å². The maximum Gasteiger partial charge on any atom is 0.333 e. The lowest BCUT2D eigenvalue weighted by atomic mass is 10.2. The van der Waals surface area contributed by atoms with E-state index in [1.807, 2.05) is 6.92 Å². The molecule has 0 aliphatic carbocycles. The third-order valence-electron chi connectivity index (χ3n) is 0.991. The maximum absolute atomic E-state index is 10.7. The van der Waals surface area contributed by atoms with Gasteiger partial charge in [0.1, 0.15) is 0 Å². The molecule has 0 amide bonds. The summed E-state index contributed by atoms with van der Waals surface area (Å²) in [6, 6.07) is 0. The van der Waals surface area contributed by atoms with Gasteiger partial charge in [-0.05, 0) is 13.3 Å². The molecule has 0 atom stereocenters. The highest BCUT2D eigenvalue weighted by Gasteiger charge is 2.02. The highest BCUT2D eigenvalue weighted by atomic mass is 16.5. The first kappa shape index (κ1) is 12.8. The zero-order valence-electron chi connectivity index (χ0n) is 7.39. The van der Waals surface area contributed by atoms with Crippen LogP contribution in [-0.2, 0) is 9.53 Å². The van der Waals surface area contributed by atoms with Crippen molar-refractivity contribution in [3.05, 3.63) is 12.2 Å². The van der Waals surface area contributed by atoms with Crippen LogP contribution in [0.2, 0.25) is 0 Å². The summed E-state index contributed by atoms with van der Waals surface area (Å²) < 4.78 is 4.66. The Kier molecular flexibility index (Phi) is 10.7. The second-order valence-electron chi connectivity index (χ2n) is 1.68. The molecule has 0 heterocycles. The molecule has 0 aromatic rings. The molecule has 11 heavy (non-hydrogen) atoms. The molecule has 66 valence electrons. The molecule has 0 aromatic carbocycles. The molecule has 0 bridgehead atoms. The van der Waals surface area contributed by atoms with E-state index < -0.39 is 0 Å². The molecule has 3 heteroatoms. The van der Waals surface area contributed by atoms with E-state index in [-0.39, 0.29) is 5.97 Å². The lowest BCUT2D eigenvalue weighted by Crippen LogP contribution is -2.05. The fourth-order valence-electron chi connectivity index (χ4n) is 0.377. The van der Waals surface area contributed by atoms with Gasteiger partial charge in [-0.25, -0.2) is 4.79 Å². The summed E-state index contributed by atoms with van der Waals surface area (Å²) in [5, 5.41) is 7.00. The minimum atomic E-state index is -0.278. The van der Waals surface area contributed by atoms with Crippen LogP contribution in [0.1, 0.15) is 20.3 Å². The Morgan fingerprint density at radius 2 is 1.91 bits per heavy atom. The number of hydrogen-bond donors (Lipinski definition) is 1. The summed E-state index contributed by atoms with van der Waals surface area (Å²) in [4.78, 5) is 10.7. The highest BCUT2D eigenvalue weighted by Crippen LogP contribution is 1.98. The van der Waals surface area contributed by atoms with Crippen molar-refractivity contribution in [3.8, 4) is 0 Å². The van der Waals surface area contributed by atoms with Crippen molar-refractivity contribution in [1.29, 1.82) is 0 Å². The molecule has 0 aliphatic heterocycles. The SMILES string of the molecule is C=C(CC)C(=O)OCC.CO. The van der Waals surface area contributed by atoms with Gasteiger partial charge >= 0.3 is 5.97 Å². The van der Waals surface area contributed by atoms with E-state index in [4.69, 9.17) is 5.11 Å². The van der Waals surface area contributed by atoms with Gasteiger partial charge in [0.05, 0.1) is 6.61 Å². The smallest absolute Gasteiger partial charge is 0.333 e. The largest absolute Gasteiger partial charge is 0.463 e. The zero-order valence-corrected chi connectivity index (χ0v) is 7.39. The third kappa shape index (κ3) is 7.06. The molecule has 0 unspecified atom stereocenters. The maximum atomic E-state index is 10.7. The molecule has 0 radical (unpaired) electrons. The summed E-state index contributed by atoms with van der Waals surface area (Å²) >= 11 is 0. The molecule has 0 fully saturated rings. The average Bonchev–Trinajstić information content (AvgIpc) is 2.07. The summed E-state index contributed by atoms with van der Waals surface area (Å²) in [6.45, 7) is 7.60. The van der Waals surface area contributed by atoms with Crippen LogP contribution in [0.4, 0.5) is 0 Å². The Balaban J connectivity index is 0. The van der Waals surface area contributed by atoms with Gasteiger partial charge in [0.2, 0.25) is 0 Å². The fraction of sp³-hybridized carbons (Fsp3) is 0.625. The quantitative estimate of drug-likeness (QED) is 0.497. The molecule has 1 N–H and O–H groups in total. The van der Waals surface area contributed by atoms with Gasteiger partial charge in [0.15, 0.2) is 0 Å². The van der Waals surface area contributed by atoms with E-state index in [1.165, 1.54) is 0 Å². The fourth-order valence-corrected chi connectivity index (χ4v) is 0.377. The van der Waals surface area contributed by atoms with E-state index in [0.717, 1.165) is 7.11 Å². The van der Waals surface area contributed by atoms with Gasteiger partial charge < -0.3 is 9.84 Å². The molecular weight excluding hydrogens is 144 g/mol. The molecule has 0 aliphatic rings. The highest BCUT2D eigenvalue weighted by molar-refractivity contribution is 5.87. The average molecular weight is 160 g/mol. The van der Waals surface area contributed by atoms with Gasteiger partial charge in [-0.2, -0.15) is 0 Å². The number of ether oxygens (including phenoxy) is 1. The first-order chi connectivity index (χ1) is 5.22. The first-order valence-electron chi connectivity index (χ1n) is 3.52. The Morgan fingerprint density at radius 1 is 1.45 bits per heavy atom. The van der Waals surface area contributed by atoms with Crippen LogP contribution in [0.3, 0.4) is 0 Å². The Hall–Kier alpha value is -0.830. The molecule has 0 saturated heterocycles. The van der Waals surface area contributed by atoms with Crippen LogP contribution in [0.25, 0.3) is 0 Å². The van der Waals surface area contributed by atoms with Gasteiger partial charge in [0, 0.05) is 12.7 Å². The number of aliphatic hydroxyl groups excluding tert-OH is 1. The van der Waals surface area contributed by atoms with Gasteiger partial charge in [-0.3, -0.25) is 0 Å². The van der Waals surface area contributed by atoms with E-state index >= 15 is 0 Å². The van der Waals surface area contributed by atoms with Gasteiger partial charge in [0.25, 0.3) is 0 Å². The number of aliphatic hydroxyl groups is 1. The van der Waals surface area contributed by atoms with Crippen molar-refractivity contribution in [1.82, 2.24) is 0 Å². The number of esters is 1. The van der Waals surface area contributed by atoms with Crippen molar-refractivity contribution >= 4 is 5.97 Å². The topological polar surface area (TPSA) is 46.5 Å². The van der Waals surface area contributed by atoms with E-state index in [9.17, 15) is 4.79 Å². The Morgan fingerprint density at radius 3 is 2.18 bits per heavy atom. The van der Waals surface area contributed by atoms with Crippen molar-refractivity contribution in [3.63, 3.8) is 0 Å². The number of carbonyl (C=O) groups excluding carboxylic acids is 1. The minimum Gasteiger partial charge on any atom is -0.463 e. The van der Waals surface area contributed by atoms with Crippen molar-refractivity contribution in [2.45, 2.75) is 20.3 Å². The van der Waals surface area contributed by atoms with Gasteiger partial charge in [-0.1, -0.05) is 13.5 Å². The third-order valence-corrected chi connectivity index (χ3v) is 0.991.